The van der Waals surface area contributed by atoms with Crippen LogP contribution in [-0.2, 0) is 9.53 Å². The maximum atomic E-state index is 12.0. The zero-order chi connectivity index (χ0) is 13.7. The smallest absolute Gasteiger partial charge is 0.232 e. The highest BCUT2D eigenvalue weighted by atomic mass is 32.2. The average Bonchev–Trinajstić information content (AvgIpc) is 2.83. The summed E-state index contributed by atoms with van der Waals surface area (Å²) in [7, 11) is 1.85. The maximum absolute atomic E-state index is 12.0. The van der Waals surface area contributed by atoms with Gasteiger partial charge in [-0.25, -0.2) is 0 Å². The van der Waals surface area contributed by atoms with E-state index in [1.54, 1.807) is 4.90 Å². The second-order valence-corrected chi connectivity index (χ2v) is 6.76. The first-order valence-electron chi connectivity index (χ1n) is 6.18. The highest BCUT2D eigenvalue weighted by Crippen LogP contribution is 2.24. The molecule has 0 radical (unpaired) electrons. The molecule has 0 unspecified atom stereocenters. The van der Waals surface area contributed by atoms with Crippen LogP contribution in [-0.4, -0.2) is 53.6 Å². The number of rotatable bonds is 5. The number of nitrogen functional groups attached to an aromatic ring is 1. The van der Waals surface area contributed by atoms with Gasteiger partial charge in [0.25, 0.3) is 0 Å². The second kappa shape index (κ2) is 7.06. The number of amides is 1. The van der Waals surface area contributed by atoms with E-state index < -0.39 is 0 Å². The number of hydrogen-bond donors (Lipinski definition) is 1. The van der Waals surface area contributed by atoms with Gasteiger partial charge in [0.1, 0.15) is 0 Å². The van der Waals surface area contributed by atoms with Crippen molar-refractivity contribution in [3.8, 4) is 0 Å². The molecule has 8 heteroatoms. The van der Waals surface area contributed by atoms with Crippen molar-refractivity contribution in [1.29, 1.82) is 0 Å². The predicted molar refractivity (Wildman–Crippen MR) is 76.2 cm³/mol. The molecule has 106 valence electrons. The Morgan fingerprint density at radius 2 is 2.26 bits per heavy atom. The van der Waals surface area contributed by atoms with E-state index in [0.717, 1.165) is 36.9 Å². The molecule has 19 heavy (non-hydrogen) atoms. The number of aromatic nitrogens is 2. The van der Waals surface area contributed by atoms with E-state index in [2.05, 4.69) is 10.2 Å². The van der Waals surface area contributed by atoms with Gasteiger partial charge in [-0.2, -0.15) is 0 Å². The zero-order valence-electron chi connectivity index (χ0n) is 10.9. The van der Waals surface area contributed by atoms with Gasteiger partial charge in [-0.1, -0.05) is 23.1 Å². The first-order valence-corrected chi connectivity index (χ1v) is 7.99. The third-order valence-corrected chi connectivity index (χ3v) is 4.91. The van der Waals surface area contributed by atoms with Crippen LogP contribution >= 0.6 is 23.1 Å². The molecule has 0 aliphatic carbocycles. The molecule has 6 nitrogen and oxygen atoms in total. The molecule has 0 bridgehead atoms. The first kappa shape index (κ1) is 14.5. The molecule has 2 rings (SSSR count). The topological polar surface area (TPSA) is 81.3 Å². The number of anilines is 1. The van der Waals surface area contributed by atoms with E-state index in [9.17, 15) is 4.79 Å². The fraction of sp³-hybridized carbons (Fsp3) is 0.727. The highest BCUT2D eigenvalue weighted by molar-refractivity contribution is 8.01. The lowest BCUT2D eigenvalue weighted by Crippen LogP contribution is -2.35. The van der Waals surface area contributed by atoms with Crippen LogP contribution in [0.5, 0.6) is 0 Å². The van der Waals surface area contributed by atoms with Crippen LogP contribution in [0.25, 0.3) is 0 Å². The Morgan fingerprint density at radius 3 is 2.89 bits per heavy atom. The molecule has 0 saturated carbocycles. The minimum atomic E-state index is 0.116. The van der Waals surface area contributed by atoms with E-state index in [4.69, 9.17) is 10.5 Å². The summed E-state index contributed by atoms with van der Waals surface area (Å²) in [5.41, 5.74) is 5.49. The Bertz CT molecular complexity index is 421. The van der Waals surface area contributed by atoms with Crippen LogP contribution in [0.1, 0.15) is 12.8 Å². The van der Waals surface area contributed by atoms with Crippen LogP contribution in [0.15, 0.2) is 4.34 Å². The molecule has 1 aliphatic rings. The van der Waals surface area contributed by atoms with Gasteiger partial charge < -0.3 is 15.4 Å². The van der Waals surface area contributed by atoms with Gasteiger partial charge in [0.05, 0.1) is 5.75 Å². The molecular weight excluding hydrogens is 284 g/mol. The lowest BCUT2D eigenvalue weighted by atomic mass is 10.00. The van der Waals surface area contributed by atoms with E-state index in [-0.39, 0.29) is 5.91 Å². The van der Waals surface area contributed by atoms with Crippen molar-refractivity contribution < 1.29 is 9.53 Å². The summed E-state index contributed by atoms with van der Waals surface area (Å²) in [5.74, 6) is 1.06. The zero-order valence-corrected chi connectivity index (χ0v) is 12.5. The standard InChI is InChI=1S/C11H18N4O2S2/c1-15(6-8-2-4-17-5-3-8)9(16)7-18-11-14-13-10(12)19-11/h8H,2-7H2,1H3,(H2,12,13). The average molecular weight is 302 g/mol. The molecule has 1 aliphatic heterocycles. The molecule has 1 aromatic heterocycles. The van der Waals surface area contributed by atoms with Crippen molar-refractivity contribution in [1.82, 2.24) is 15.1 Å². The monoisotopic (exact) mass is 302 g/mol. The molecule has 1 saturated heterocycles. The quantitative estimate of drug-likeness (QED) is 0.820. The Hall–Kier alpha value is -0.860. The number of carbonyl (C=O) groups excluding carboxylic acids is 1. The van der Waals surface area contributed by atoms with Crippen molar-refractivity contribution in [2.45, 2.75) is 17.2 Å². The van der Waals surface area contributed by atoms with Crippen LogP contribution < -0.4 is 5.73 Å². The summed E-state index contributed by atoms with van der Waals surface area (Å²) in [6.45, 7) is 2.43. The van der Waals surface area contributed by atoms with Gasteiger partial charge in [0.15, 0.2) is 4.34 Å². The van der Waals surface area contributed by atoms with Gasteiger partial charge in [-0.3, -0.25) is 4.79 Å². The SMILES string of the molecule is CN(CC1CCOCC1)C(=O)CSc1nnc(N)s1. The van der Waals surface area contributed by atoms with Gasteiger partial charge in [-0.15, -0.1) is 10.2 Å². The van der Waals surface area contributed by atoms with Crippen LogP contribution in [0.4, 0.5) is 5.13 Å². The molecule has 0 aromatic carbocycles. The number of nitrogens with zero attached hydrogens (tertiary/aromatic N) is 3. The number of carbonyl (C=O) groups is 1. The Morgan fingerprint density at radius 1 is 1.53 bits per heavy atom. The largest absolute Gasteiger partial charge is 0.381 e. The second-order valence-electron chi connectivity index (χ2n) is 4.52. The Labute approximate surface area is 120 Å². The predicted octanol–water partition coefficient (Wildman–Crippen LogP) is 1.10. The molecule has 0 spiro atoms. The lowest BCUT2D eigenvalue weighted by molar-refractivity contribution is -0.128. The molecule has 0 atom stereocenters. The van der Waals surface area contributed by atoms with Crippen molar-refractivity contribution in [3.63, 3.8) is 0 Å². The minimum absolute atomic E-state index is 0.116. The summed E-state index contributed by atoms with van der Waals surface area (Å²) in [4.78, 5) is 13.8. The Balaban J connectivity index is 1.72. The van der Waals surface area contributed by atoms with Crippen LogP contribution in [0, 0.1) is 5.92 Å². The van der Waals surface area contributed by atoms with E-state index in [0.29, 0.717) is 16.8 Å². The summed E-state index contributed by atoms with van der Waals surface area (Å²) >= 11 is 2.70. The molecule has 1 fully saturated rings. The number of hydrogen-bond acceptors (Lipinski definition) is 7. The number of ether oxygens (including phenoxy) is 1. The minimum Gasteiger partial charge on any atom is -0.381 e. The van der Waals surface area contributed by atoms with Gasteiger partial charge in [0.2, 0.25) is 11.0 Å². The summed E-state index contributed by atoms with van der Waals surface area (Å²) < 4.78 is 6.06. The maximum Gasteiger partial charge on any atom is 0.232 e. The Kier molecular flexibility index (Phi) is 5.41. The fourth-order valence-electron chi connectivity index (χ4n) is 1.93. The normalized spacial score (nSPS) is 16.5. The highest BCUT2D eigenvalue weighted by Gasteiger charge is 2.19. The summed E-state index contributed by atoms with van der Waals surface area (Å²) in [6.07, 6.45) is 2.08. The van der Waals surface area contributed by atoms with Crippen molar-refractivity contribution in [2.24, 2.45) is 5.92 Å². The lowest BCUT2D eigenvalue weighted by Gasteiger charge is -2.27. The summed E-state index contributed by atoms with van der Waals surface area (Å²) in [6, 6.07) is 0. The van der Waals surface area contributed by atoms with E-state index in [1.807, 2.05) is 7.05 Å². The number of thioether (sulfide) groups is 1. The fourth-order valence-corrected chi connectivity index (χ4v) is 3.51. The van der Waals surface area contributed by atoms with Gasteiger partial charge in [-0.05, 0) is 18.8 Å². The van der Waals surface area contributed by atoms with E-state index >= 15 is 0 Å². The van der Waals surface area contributed by atoms with Crippen LogP contribution in [0.2, 0.25) is 0 Å². The third-order valence-electron chi connectivity index (χ3n) is 3.04. The van der Waals surface area contributed by atoms with Gasteiger partial charge >= 0.3 is 0 Å². The molecule has 1 aromatic rings. The van der Waals surface area contributed by atoms with Crippen molar-refractivity contribution in [2.75, 3.05) is 38.3 Å². The van der Waals surface area contributed by atoms with Gasteiger partial charge in [0, 0.05) is 26.8 Å². The van der Waals surface area contributed by atoms with Crippen molar-refractivity contribution >= 4 is 34.1 Å². The summed E-state index contributed by atoms with van der Waals surface area (Å²) in [5, 5.41) is 8.04. The molecule has 1 amide bonds. The molecule has 2 heterocycles. The molecular formula is C11H18N4O2S2. The number of nitrogens with two attached hydrogens (primary N) is 1. The van der Waals surface area contributed by atoms with Crippen LogP contribution in [0.3, 0.4) is 0 Å². The van der Waals surface area contributed by atoms with Crippen molar-refractivity contribution in [3.05, 3.63) is 0 Å². The van der Waals surface area contributed by atoms with E-state index in [1.165, 1.54) is 23.1 Å². The third kappa shape index (κ3) is 4.63. The first-order chi connectivity index (χ1) is 9.15. The molecule has 2 N–H and O–H groups in total.